The van der Waals surface area contributed by atoms with Crippen molar-refractivity contribution in [2.75, 3.05) is 0 Å². The van der Waals surface area contributed by atoms with Gasteiger partial charge in [0.2, 0.25) is 11.8 Å². The minimum absolute atomic E-state index is 0.0825. The van der Waals surface area contributed by atoms with Gasteiger partial charge in [-0.3, -0.25) is 0 Å². The van der Waals surface area contributed by atoms with Crippen molar-refractivity contribution in [1.82, 2.24) is 0 Å². The summed E-state index contributed by atoms with van der Waals surface area (Å²) in [6.07, 6.45) is 2.09. The zero-order chi connectivity index (χ0) is 22.5. The van der Waals surface area contributed by atoms with Crippen LogP contribution in [0.1, 0.15) is 46.3 Å². The Morgan fingerprint density at radius 1 is 0.788 bits per heavy atom. The fourth-order valence-corrected chi connectivity index (χ4v) is 4.39. The van der Waals surface area contributed by atoms with Gasteiger partial charge in [-0.15, -0.1) is 0 Å². The van der Waals surface area contributed by atoms with Crippen LogP contribution in [-0.4, -0.2) is 11.8 Å². The first-order valence-electron chi connectivity index (χ1n) is 10.6. The Morgan fingerprint density at radius 3 is 2.06 bits per heavy atom. The Balaban J connectivity index is 1.43. The zero-order valence-electron chi connectivity index (χ0n) is 17.6. The lowest BCUT2D eigenvalue weighted by Gasteiger charge is -2.35. The number of hydrogen-bond acceptors (Lipinski definition) is 6. The normalized spacial score (nSPS) is 19.4. The van der Waals surface area contributed by atoms with Gasteiger partial charge in [0.05, 0.1) is 40.6 Å². The van der Waals surface area contributed by atoms with Gasteiger partial charge in [-0.05, 0) is 66.7 Å². The first-order chi connectivity index (χ1) is 16.1. The van der Waals surface area contributed by atoms with Gasteiger partial charge in [0, 0.05) is 22.6 Å². The molecule has 6 heteroatoms. The summed E-state index contributed by atoms with van der Waals surface area (Å²) in [6.45, 7) is 2.11. The van der Waals surface area contributed by atoms with Crippen LogP contribution in [0.5, 0.6) is 5.75 Å². The van der Waals surface area contributed by atoms with Crippen LogP contribution < -0.4 is 4.74 Å². The molecular formula is C27H16N4O2. The van der Waals surface area contributed by atoms with Gasteiger partial charge in [0.15, 0.2) is 0 Å². The maximum Gasteiger partial charge on any atom is 0.227 e. The molecule has 0 radical (unpaired) electrons. The Bertz CT molecular complexity index is 1480. The highest BCUT2D eigenvalue weighted by Gasteiger charge is 2.38. The molecule has 0 fully saturated rings. The third-order valence-corrected chi connectivity index (χ3v) is 6.05. The summed E-state index contributed by atoms with van der Waals surface area (Å²) >= 11 is 0. The standard InChI is InChI=1S/C27H16N4O2/c1-15-12-22-23-20(30-26(33-22)18-6-2-16(13-28)3-7-18)10-11-21-24(23)25(15)31-27(32-21)19-8-4-17(14-29)5-9-19/h2-12,15,25H,1H3. The highest BCUT2D eigenvalue weighted by molar-refractivity contribution is 6.04. The van der Waals surface area contributed by atoms with Gasteiger partial charge in [-0.1, -0.05) is 6.92 Å². The van der Waals surface area contributed by atoms with Crippen LogP contribution in [-0.2, 0) is 4.74 Å². The first-order valence-corrected chi connectivity index (χ1v) is 10.6. The number of ether oxygens (including phenoxy) is 2. The highest BCUT2D eigenvalue weighted by Crippen LogP contribution is 2.51. The molecule has 3 aromatic carbocycles. The molecule has 3 aromatic rings. The number of benzene rings is 3. The van der Waals surface area contributed by atoms with Gasteiger partial charge in [0.25, 0.3) is 0 Å². The Morgan fingerprint density at radius 2 is 1.42 bits per heavy atom. The fraction of sp³-hybridized carbons (Fsp3) is 0.111. The van der Waals surface area contributed by atoms with Crippen LogP contribution in [0.2, 0.25) is 0 Å². The van der Waals surface area contributed by atoms with Gasteiger partial charge < -0.3 is 9.47 Å². The van der Waals surface area contributed by atoms with Crippen LogP contribution in [0, 0.1) is 28.6 Å². The number of hydrogen-bond donors (Lipinski definition) is 0. The number of nitrogens with zero attached hydrogens (tertiary/aromatic N) is 4. The summed E-state index contributed by atoms with van der Waals surface area (Å²) in [7, 11) is 0. The molecule has 2 atom stereocenters. The van der Waals surface area contributed by atoms with Crippen LogP contribution in [0.15, 0.2) is 76.7 Å². The van der Waals surface area contributed by atoms with Crippen LogP contribution in [0.4, 0.5) is 5.69 Å². The van der Waals surface area contributed by atoms with E-state index in [4.69, 9.17) is 30.0 Å². The van der Waals surface area contributed by atoms with Crippen molar-refractivity contribution in [3.05, 3.63) is 100 Å². The largest absolute Gasteiger partial charge is 0.438 e. The fourth-order valence-electron chi connectivity index (χ4n) is 4.39. The van der Waals surface area contributed by atoms with E-state index in [1.807, 2.05) is 36.4 Å². The number of nitriles is 2. The van der Waals surface area contributed by atoms with Crippen molar-refractivity contribution >= 4 is 23.2 Å². The second-order valence-electron chi connectivity index (χ2n) is 8.14. The summed E-state index contributed by atoms with van der Waals surface area (Å²) in [5.74, 6) is 2.62. The van der Waals surface area contributed by atoms with Crippen molar-refractivity contribution in [1.29, 1.82) is 10.5 Å². The maximum atomic E-state index is 9.06. The lowest BCUT2D eigenvalue weighted by atomic mass is 9.82. The van der Waals surface area contributed by atoms with E-state index >= 15 is 0 Å². The smallest absolute Gasteiger partial charge is 0.227 e. The SMILES string of the molecule is CC1C=C2OC(c3ccc(C#N)cc3)=Nc3ccc4c(c32)C1N=C(c1ccc(C#N)cc1)O4. The minimum Gasteiger partial charge on any atom is -0.438 e. The molecule has 156 valence electrons. The highest BCUT2D eigenvalue weighted by atomic mass is 16.5. The van der Waals surface area contributed by atoms with E-state index in [0.717, 1.165) is 39.4 Å². The third-order valence-electron chi connectivity index (χ3n) is 6.05. The minimum atomic E-state index is -0.117. The molecule has 0 aromatic heterocycles. The number of rotatable bonds is 2. The molecule has 6 rings (SSSR count). The molecule has 33 heavy (non-hydrogen) atoms. The van der Waals surface area contributed by atoms with Gasteiger partial charge in [-0.2, -0.15) is 10.5 Å². The van der Waals surface area contributed by atoms with Crippen LogP contribution in [0.25, 0.3) is 5.76 Å². The quantitative estimate of drug-likeness (QED) is 0.546. The third kappa shape index (κ3) is 3.01. The van der Waals surface area contributed by atoms with E-state index in [1.54, 1.807) is 24.3 Å². The van der Waals surface area contributed by atoms with E-state index in [-0.39, 0.29) is 12.0 Å². The van der Waals surface area contributed by atoms with E-state index in [2.05, 4.69) is 25.1 Å². The average molecular weight is 428 g/mol. The molecule has 3 aliphatic rings. The Hall–Kier alpha value is -4.68. The molecule has 6 nitrogen and oxygen atoms in total. The second-order valence-corrected chi connectivity index (χ2v) is 8.14. The average Bonchev–Trinajstić information content (AvgIpc) is 2.87. The monoisotopic (exact) mass is 428 g/mol. The van der Waals surface area contributed by atoms with E-state index in [0.29, 0.717) is 22.9 Å². The van der Waals surface area contributed by atoms with Crippen LogP contribution >= 0.6 is 0 Å². The maximum absolute atomic E-state index is 9.06. The molecular weight excluding hydrogens is 412 g/mol. The molecule has 2 unspecified atom stereocenters. The molecule has 0 N–H and O–H groups in total. The molecule has 0 amide bonds. The van der Waals surface area contributed by atoms with Crippen molar-refractivity contribution in [2.45, 2.75) is 13.0 Å². The van der Waals surface area contributed by atoms with E-state index in [9.17, 15) is 0 Å². The summed E-state index contributed by atoms with van der Waals surface area (Å²) in [4.78, 5) is 9.68. The zero-order valence-corrected chi connectivity index (χ0v) is 17.6. The predicted octanol–water partition coefficient (Wildman–Crippen LogP) is 5.41. The molecule has 2 aliphatic heterocycles. The van der Waals surface area contributed by atoms with Crippen molar-refractivity contribution in [3.8, 4) is 17.9 Å². The molecule has 2 heterocycles. The molecule has 0 saturated heterocycles. The summed E-state index contributed by atoms with van der Waals surface area (Å²) in [5.41, 5.74) is 5.53. The van der Waals surface area contributed by atoms with E-state index < -0.39 is 0 Å². The second kappa shape index (κ2) is 7.19. The molecule has 1 aliphatic carbocycles. The molecule has 0 bridgehead atoms. The topological polar surface area (TPSA) is 90.8 Å². The van der Waals surface area contributed by atoms with Gasteiger partial charge in [-0.25, -0.2) is 9.98 Å². The molecule has 0 spiro atoms. The lowest BCUT2D eigenvalue weighted by molar-refractivity contribution is 0.432. The van der Waals surface area contributed by atoms with Crippen molar-refractivity contribution < 1.29 is 9.47 Å². The van der Waals surface area contributed by atoms with Gasteiger partial charge >= 0.3 is 0 Å². The van der Waals surface area contributed by atoms with E-state index in [1.165, 1.54) is 0 Å². The molecule has 0 saturated carbocycles. The Labute approximate surface area is 190 Å². The number of aliphatic imine (C=N–C) groups is 2. The van der Waals surface area contributed by atoms with Crippen molar-refractivity contribution in [2.24, 2.45) is 15.9 Å². The summed E-state index contributed by atoms with van der Waals surface area (Å²) in [6, 6.07) is 22.4. The van der Waals surface area contributed by atoms with Gasteiger partial charge in [0.1, 0.15) is 11.5 Å². The van der Waals surface area contributed by atoms with Crippen LogP contribution in [0.3, 0.4) is 0 Å². The Kier molecular flexibility index (Phi) is 4.15. The summed E-state index contributed by atoms with van der Waals surface area (Å²) < 4.78 is 12.4. The lowest BCUT2D eigenvalue weighted by Crippen LogP contribution is -2.26. The first kappa shape index (κ1) is 19.0. The van der Waals surface area contributed by atoms with Crippen molar-refractivity contribution in [3.63, 3.8) is 0 Å². The predicted molar refractivity (Wildman–Crippen MR) is 123 cm³/mol. The summed E-state index contributed by atoms with van der Waals surface area (Å²) in [5, 5.41) is 18.1.